The van der Waals surface area contributed by atoms with Gasteiger partial charge in [0.25, 0.3) is 0 Å². The summed E-state index contributed by atoms with van der Waals surface area (Å²) >= 11 is 0. The van der Waals surface area contributed by atoms with Gasteiger partial charge in [0.1, 0.15) is 11.7 Å². The summed E-state index contributed by atoms with van der Waals surface area (Å²) < 4.78 is 42.1. The van der Waals surface area contributed by atoms with Crippen molar-refractivity contribution in [3.63, 3.8) is 0 Å². The van der Waals surface area contributed by atoms with Gasteiger partial charge in [-0.3, -0.25) is 0 Å². The van der Waals surface area contributed by atoms with Gasteiger partial charge in [0, 0.05) is 13.1 Å². The number of rotatable bonds is 4. The van der Waals surface area contributed by atoms with Crippen LogP contribution >= 0.6 is 0 Å². The van der Waals surface area contributed by atoms with Crippen LogP contribution in [0.2, 0.25) is 0 Å². The van der Waals surface area contributed by atoms with Gasteiger partial charge >= 0.3 is 18.1 Å². The van der Waals surface area contributed by atoms with Gasteiger partial charge in [-0.15, -0.1) is 0 Å². The summed E-state index contributed by atoms with van der Waals surface area (Å²) in [5, 5.41) is 16.6. The summed E-state index contributed by atoms with van der Waals surface area (Å²) in [6, 6.07) is 0. The van der Waals surface area contributed by atoms with Crippen LogP contribution in [0.5, 0.6) is 5.88 Å². The van der Waals surface area contributed by atoms with Gasteiger partial charge in [0.15, 0.2) is 0 Å². The van der Waals surface area contributed by atoms with Crippen LogP contribution in [0, 0.1) is 0 Å². The SMILES string of the molecule is CCOC(=O)c1cn[nH]c1OC1CNC1.O=C(O)C(F)(F)F. The highest BCUT2D eigenvalue weighted by Gasteiger charge is 2.38. The maximum Gasteiger partial charge on any atom is 0.490 e. The quantitative estimate of drug-likeness (QED) is 0.694. The van der Waals surface area contributed by atoms with E-state index in [1.807, 2.05) is 0 Å². The van der Waals surface area contributed by atoms with Crippen molar-refractivity contribution in [2.24, 2.45) is 0 Å². The maximum absolute atomic E-state index is 11.4. The number of esters is 1. The zero-order valence-electron chi connectivity index (χ0n) is 11.4. The van der Waals surface area contributed by atoms with Gasteiger partial charge in [-0.25, -0.2) is 14.7 Å². The van der Waals surface area contributed by atoms with E-state index >= 15 is 0 Å². The standard InChI is InChI=1S/C9H13N3O3.C2HF3O2/c1-2-14-9(13)7-5-11-12-8(7)15-6-3-10-4-6;3-2(4,5)1(6)7/h5-6,10H,2-4H2,1H3,(H,11,12);(H,6,7). The van der Waals surface area contributed by atoms with Crippen molar-refractivity contribution in [1.29, 1.82) is 0 Å². The van der Waals surface area contributed by atoms with Crippen molar-refractivity contribution < 1.29 is 37.3 Å². The van der Waals surface area contributed by atoms with Crippen LogP contribution in [0.4, 0.5) is 13.2 Å². The summed E-state index contributed by atoms with van der Waals surface area (Å²) in [6.45, 7) is 3.69. The van der Waals surface area contributed by atoms with Crippen LogP contribution in [0.25, 0.3) is 0 Å². The Morgan fingerprint density at radius 2 is 2.05 bits per heavy atom. The monoisotopic (exact) mass is 325 g/mol. The number of H-pyrrole nitrogens is 1. The van der Waals surface area contributed by atoms with E-state index in [-0.39, 0.29) is 6.10 Å². The molecule has 124 valence electrons. The maximum atomic E-state index is 11.4. The third kappa shape index (κ3) is 5.24. The first-order valence-electron chi connectivity index (χ1n) is 6.13. The summed E-state index contributed by atoms with van der Waals surface area (Å²) in [7, 11) is 0. The van der Waals surface area contributed by atoms with Crippen LogP contribution in [-0.4, -0.2) is 59.2 Å². The van der Waals surface area contributed by atoms with Crippen molar-refractivity contribution in [2.75, 3.05) is 19.7 Å². The van der Waals surface area contributed by atoms with Crippen molar-refractivity contribution in [3.8, 4) is 5.88 Å². The van der Waals surface area contributed by atoms with Crippen LogP contribution in [0.3, 0.4) is 0 Å². The average molecular weight is 325 g/mol. The zero-order chi connectivity index (χ0) is 16.8. The molecule has 1 aromatic rings. The molecule has 0 bridgehead atoms. The Kier molecular flexibility index (Phi) is 6.16. The molecule has 11 heteroatoms. The third-order valence-electron chi connectivity index (χ3n) is 2.37. The molecule has 3 N–H and O–H groups in total. The molecular formula is C11H14F3N3O5. The Morgan fingerprint density at radius 3 is 2.45 bits per heavy atom. The molecule has 2 rings (SSSR count). The van der Waals surface area contributed by atoms with Crippen LogP contribution < -0.4 is 10.1 Å². The molecule has 1 saturated heterocycles. The minimum absolute atomic E-state index is 0.110. The van der Waals surface area contributed by atoms with Crippen LogP contribution in [0.15, 0.2) is 6.20 Å². The lowest BCUT2D eigenvalue weighted by Gasteiger charge is -2.27. The first-order valence-corrected chi connectivity index (χ1v) is 6.13. The summed E-state index contributed by atoms with van der Waals surface area (Å²) in [5.74, 6) is -2.78. The molecule has 1 aliphatic heterocycles. The number of nitrogens with one attached hydrogen (secondary N) is 2. The van der Waals surface area contributed by atoms with E-state index in [2.05, 4.69) is 15.5 Å². The molecule has 22 heavy (non-hydrogen) atoms. The number of ether oxygens (including phenoxy) is 2. The number of halogens is 3. The molecule has 1 aromatic heterocycles. The predicted octanol–water partition coefficient (Wildman–Crippen LogP) is 0.570. The smallest absolute Gasteiger partial charge is 0.475 e. The minimum Gasteiger partial charge on any atom is -0.475 e. The van der Waals surface area contributed by atoms with Gasteiger partial charge in [0.2, 0.25) is 5.88 Å². The molecule has 1 aliphatic rings. The third-order valence-corrected chi connectivity index (χ3v) is 2.37. The largest absolute Gasteiger partial charge is 0.490 e. The molecule has 8 nitrogen and oxygen atoms in total. The topological polar surface area (TPSA) is 114 Å². The Bertz CT molecular complexity index is 513. The average Bonchev–Trinajstić information content (AvgIpc) is 2.82. The van der Waals surface area contributed by atoms with Crippen molar-refractivity contribution in [2.45, 2.75) is 19.2 Å². The van der Waals surface area contributed by atoms with E-state index in [1.54, 1.807) is 6.92 Å². The molecule has 0 radical (unpaired) electrons. The van der Waals surface area contributed by atoms with Gasteiger partial charge in [-0.1, -0.05) is 0 Å². The number of hydrogen-bond donors (Lipinski definition) is 3. The first-order chi connectivity index (χ1) is 10.3. The number of carbonyl (C=O) groups is 2. The van der Waals surface area contributed by atoms with Crippen LogP contribution in [0.1, 0.15) is 17.3 Å². The van der Waals surface area contributed by atoms with E-state index in [0.29, 0.717) is 18.1 Å². The van der Waals surface area contributed by atoms with Gasteiger partial charge in [-0.05, 0) is 6.92 Å². The first kappa shape index (κ1) is 17.8. The lowest BCUT2D eigenvalue weighted by atomic mass is 10.2. The number of carboxylic acids is 1. The number of carboxylic acid groups (broad SMARTS) is 1. The zero-order valence-corrected chi connectivity index (χ0v) is 11.4. The van der Waals surface area contributed by atoms with E-state index in [4.69, 9.17) is 19.4 Å². The van der Waals surface area contributed by atoms with E-state index < -0.39 is 18.1 Å². The minimum atomic E-state index is -5.08. The van der Waals surface area contributed by atoms with E-state index in [0.717, 1.165) is 13.1 Å². The van der Waals surface area contributed by atoms with Gasteiger partial charge < -0.3 is 19.9 Å². The fourth-order valence-electron chi connectivity index (χ4n) is 1.23. The number of carbonyl (C=O) groups excluding carboxylic acids is 1. The molecule has 0 aliphatic carbocycles. The lowest BCUT2D eigenvalue weighted by molar-refractivity contribution is -0.192. The fourth-order valence-corrected chi connectivity index (χ4v) is 1.23. The number of alkyl halides is 3. The summed E-state index contributed by atoms with van der Waals surface area (Å²) in [5.41, 5.74) is 0.351. The molecule has 0 aromatic carbocycles. The number of aromatic nitrogens is 2. The van der Waals surface area contributed by atoms with Crippen molar-refractivity contribution in [3.05, 3.63) is 11.8 Å². The highest BCUT2D eigenvalue weighted by molar-refractivity contribution is 5.91. The Labute approximate surface area is 122 Å². The molecule has 2 heterocycles. The molecular weight excluding hydrogens is 311 g/mol. The fraction of sp³-hybridized carbons (Fsp3) is 0.545. The number of nitrogens with zero attached hydrogens (tertiary/aromatic N) is 1. The molecule has 0 amide bonds. The Morgan fingerprint density at radius 1 is 1.45 bits per heavy atom. The summed E-state index contributed by atoms with van der Waals surface area (Å²) in [4.78, 5) is 20.3. The normalized spacial score (nSPS) is 14.4. The molecule has 0 spiro atoms. The molecule has 0 saturated carbocycles. The molecule has 0 atom stereocenters. The molecule has 0 unspecified atom stereocenters. The Hall–Kier alpha value is -2.30. The van der Waals surface area contributed by atoms with E-state index in [1.165, 1.54) is 6.20 Å². The second kappa shape index (κ2) is 7.64. The van der Waals surface area contributed by atoms with Crippen molar-refractivity contribution >= 4 is 11.9 Å². The number of hydrogen-bond acceptors (Lipinski definition) is 6. The second-order valence-electron chi connectivity index (χ2n) is 4.03. The predicted molar refractivity (Wildman–Crippen MR) is 65.5 cm³/mol. The van der Waals surface area contributed by atoms with Crippen molar-refractivity contribution in [1.82, 2.24) is 15.5 Å². The number of aliphatic carboxylic acids is 1. The summed E-state index contributed by atoms with van der Waals surface area (Å²) in [6.07, 6.45) is -3.56. The molecule has 1 fully saturated rings. The highest BCUT2D eigenvalue weighted by atomic mass is 19.4. The highest BCUT2D eigenvalue weighted by Crippen LogP contribution is 2.17. The van der Waals surface area contributed by atoms with Gasteiger partial charge in [-0.2, -0.15) is 18.3 Å². The second-order valence-corrected chi connectivity index (χ2v) is 4.03. The van der Waals surface area contributed by atoms with Crippen LogP contribution in [-0.2, 0) is 9.53 Å². The van der Waals surface area contributed by atoms with Gasteiger partial charge in [0.05, 0.1) is 12.8 Å². The van der Waals surface area contributed by atoms with E-state index in [9.17, 15) is 18.0 Å². The Balaban J connectivity index is 0.000000295. The lowest BCUT2D eigenvalue weighted by Crippen LogP contribution is -2.50. The number of aromatic amines is 1.